The Morgan fingerprint density at radius 3 is 2.34 bits per heavy atom. The number of hydrogen-bond acceptors (Lipinski definition) is 10. The Balaban J connectivity index is 1.17. The highest BCUT2D eigenvalue weighted by Crippen LogP contribution is 2.76. The molecule has 4 fully saturated rings. The second-order valence-electron chi connectivity index (χ2n) is 19.2. The van der Waals surface area contributed by atoms with Crippen molar-refractivity contribution in [3.63, 3.8) is 0 Å². The summed E-state index contributed by atoms with van der Waals surface area (Å²) in [7, 11) is 0. The zero-order chi connectivity index (χ0) is 38.5. The molecule has 288 valence electrons. The first-order valence-corrected chi connectivity index (χ1v) is 19.9. The van der Waals surface area contributed by atoms with Crippen LogP contribution in [0.3, 0.4) is 0 Å². The molecule has 4 saturated carbocycles. The summed E-state index contributed by atoms with van der Waals surface area (Å²) < 4.78 is 12.2. The highest BCUT2D eigenvalue weighted by atomic mass is 35.5. The number of esters is 1. The molecule has 2 aromatic heterocycles. The summed E-state index contributed by atoms with van der Waals surface area (Å²) in [5.41, 5.74) is 0.219. The summed E-state index contributed by atoms with van der Waals surface area (Å²) in [5, 5.41) is 22.2. The Kier molecular flexibility index (Phi) is 9.02. The Labute approximate surface area is 317 Å². The lowest BCUT2D eigenvalue weighted by atomic mass is 9.33. The van der Waals surface area contributed by atoms with E-state index in [0.717, 1.165) is 56.9 Å². The molecule has 0 amide bonds. The van der Waals surface area contributed by atoms with Crippen LogP contribution < -0.4 is 5.32 Å². The Morgan fingerprint density at radius 2 is 1.68 bits per heavy atom. The standard InChI is InChI=1S/C41H56ClN5O6/c1-22(2)30-25(48)18-41(45-35-47-46-33(53-35)32-43-20-23(42)21-44-32)17-16-39(8)24(31(30)41)10-11-27-38(7)14-13-28(52-29(49)19-36(3,4)34(50)51)37(5,6)26(38)12-15-40(27,39)9/h20-22,24,26-28H,10-19H2,1-9H3,(H,45,47)(H,50,51)/t24?,26-,27+,28-,38-,39+,40+,41+/m0/s1. The van der Waals surface area contributed by atoms with Gasteiger partial charge in [-0.2, -0.15) is 0 Å². The van der Waals surface area contributed by atoms with Gasteiger partial charge in [0.25, 0.3) is 5.89 Å². The second kappa shape index (κ2) is 12.6. The molecule has 53 heavy (non-hydrogen) atoms. The van der Waals surface area contributed by atoms with E-state index >= 15 is 0 Å². The van der Waals surface area contributed by atoms with E-state index in [-0.39, 0.29) is 69.5 Å². The number of halogens is 1. The number of carbonyl (C=O) groups is 3. The van der Waals surface area contributed by atoms with Gasteiger partial charge in [0.1, 0.15) is 6.10 Å². The van der Waals surface area contributed by atoms with Crippen LogP contribution in [0.1, 0.15) is 127 Å². The molecule has 0 bridgehead atoms. The third kappa shape index (κ3) is 5.76. The minimum atomic E-state index is -1.17. The summed E-state index contributed by atoms with van der Waals surface area (Å²) in [6.45, 7) is 19.5. The van der Waals surface area contributed by atoms with Crippen molar-refractivity contribution in [1.82, 2.24) is 20.2 Å². The Morgan fingerprint density at radius 1 is 0.981 bits per heavy atom. The fourth-order valence-corrected chi connectivity index (χ4v) is 12.7. The summed E-state index contributed by atoms with van der Waals surface area (Å²) >= 11 is 5.99. The molecule has 2 aromatic rings. The number of carbonyl (C=O) groups excluding carboxylic acids is 2. The van der Waals surface area contributed by atoms with Crippen molar-refractivity contribution < 1.29 is 28.6 Å². The van der Waals surface area contributed by atoms with Gasteiger partial charge in [0.2, 0.25) is 5.82 Å². The van der Waals surface area contributed by atoms with Gasteiger partial charge >= 0.3 is 18.0 Å². The van der Waals surface area contributed by atoms with Crippen LogP contribution in [0.5, 0.6) is 0 Å². The molecule has 5 aliphatic carbocycles. The molecule has 5 aliphatic rings. The average Bonchev–Trinajstić information content (AvgIpc) is 3.64. The number of aliphatic carboxylic acids is 1. The number of fused-ring (bicyclic) bond motifs is 7. The normalized spacial score (nSPS) is 36.3. The van der Waals surface area contributed by atoms with Gasteiger partial charge in [0.15, 0.2) is 5.78 Å². The molecule has 8 atom stereocenters. The van der Waals surface area contributed by atoms with E-state index in [2.05, 4.69) is 73.9 Å². The first kappa shape index (κ1) is 38.0. The first-order valence-electron chi connectivity index (χ1n) is 19.5. The molecule has 7 rings (SSSR count). The largest absolute Gasteiger partial charge is 0.481 e. The van der Waals surface area contributed by atoms with Crippen LogP contribution in [0, 0.1) is 50.7 Å². The van der Waals surface area contributed by atoms with E-state index in [1.165, 1.54) is 18.0 Å². The molecule has 0 saturated heterocycles. The first-order chi connectivity index (χ1) is 24.7. The number of nitrogens with zero attached hydrogens (tertiary/aromatic N) is 4. The number of Topliss-reactive ketones (excluding diaryl/α,β-unsaturated/α-hetero) is 1. The quantitative estimate of drug-likeness (QED) is 0.249. The molecule has 11 nitrogen and oxygen atoms in total. The van der Waals surface area contributed by atoms with E-state index < -0.39 is 22.9 Å². The summed E-state index contributed by atoms with van der Waals surface area (Å²) in [5.74, 6) is 0.387. The molecule has 1 unspecified atom stereocenters. The zero-order valence-electron chi connectivity index (χ0n) is 32.8. The van der Waals surface area contributed by atoms with E-state index in [0.29, 0.717) is 23.3 Å². The van der Waals surface area contributed by atoms with Crippen molar-refractivity contribution in [2.24, 2.45) is 50.7 Å². The smallest absolute Gasteiger partial charge is 0.316 e. The van der Waals surface area contributed by atoms with Crippen LogP contribution in [0.25, 0.3) is 11.7 Å². The van der Waals surface area contributed by atoms with Gasteiger partial charge in [-0.25, -0.2) is 9.97 Å². The SMILES string of the molecule is CC(C)C1=C2C3CC[C@@H]4[C@@]5(C)CC[C@H](OC(=O)CC(C)(C)C(=O)O)C(C)(C)[C@@H]5CC[C@@]4(C)[C@]3(C)CC[C@@]2(Nc2nnc(-c3ncc(Cl)cn3)o2)CC1=O. The van der Waals surface area contributed by atoms with Crippen molar-refractivity contribution >= 4 is 35.3 Å². The maximum atomic E-state index is 14.0. The van der Waals surface area contributed by atoms with Crippen LogP contribution in [0.4, 0.5) is 6.01 Å². The van der Waals surface area contributed by atoms with Gasteiger partial charge in [0, 0.05) is 24.2 Å². The molecule has 0 spiro atoms. The summed E-state index contributed by atoms with van der Waals surface area (Å²) in [4.78, 5) is 47.4. The predicted molar refractivity (Wildman–Crippen MR) is 200 cm³/mol. The van der Waals surface area contributed by atoms with Crippen molar-refractivity contribution in [3.05, 3.63) is 28.6 Å². The number of allylic oxidation sites excluding steroid dienone is 1. The highest BCUT2D eigenvalue weighted by Gasteiger charge is 2.70. The Bertz CT molecular complexity index is 1850. The number of carboxylic acids is 1. The third-order valence-electron chi connectivity index (χ3n) is 15.4. The molecule has 0 aromatic carbocycles. The van der Waals surface area contributed by atoms with Crippen molar-refractivity contribution in [1.29, 1.82) is 0 Å². The molecule has 0 aliphatic heterocycles. The van der Waals surface area contributed by atoms with Crippen molar-refractivity contribution in [2.45, 2.75) is 138 Å². The third-order valence-corrected chi connectivity index (χ3v) is 15.6. The minimum absolute atomic E-state index is 0.0305. The van der Waals surface area contributed by atoms with E-state index in [1.807, 2.05) is 0 Å². The molecular weight excluding hydrogens is 694 g/mol. The monoisotopic (exact) mass is 749 g/mol. The highest BCUT2D eigenvalue weighted by molar-refractivity contribution is 6.30. The number of hydrogen-bond donors (Lipinski definition) is 2. The van der Waals surface area contributed by atoms with Crippen LogP contribution in [0.2, 0.25) is 5.02 Å². The van der Waals surface area contributed by atoms with Crippen LogP contribution in [-0.2, 0) is 19.1 Å². The van der Waals surface area contributed by atoms with Gasteiger partial charge in [-0.1, -0.05) is 65.2 Å². The number of anilines is 1. The minimum Gasteiger partial charge on any atom is -0.481 e. The predicted octanol–water partition coefficient (Wildman–Crippen LogP) is 8.74. The maximum absolute atomic E-state index is 14.0. The summed E-state index contributed by atoms with van der Waals surface area (Å²) in [6.07, 6.45) is 10.6. The number of aromatic nitrogens is 4. The molecule has 2 N–H and O–H groups in total. The van der Waals surface area contributed by atoms with Gasteiger partial charge in [0.05, 0.1) is 22.4 Å². The number of carboxylic acid groups (broad SMARTS) is 1. The lowest BCUT2D eigenvalue weighted by Crippen LogP contribution is -2.66. The molecule has 12 heteroatoms. The van der Waals surface area contributed by atoms with E-state index in [1.54, 1.807) is 13.8 Å². The maximum Gasteiger partial charge on any atom is 0.316 e. The summed E-state index contributed by atoms with van der Waals surface area (Å²) in [6, 6.07) is 0.261. The molecule has 0 radical (unpaired) electrons. The van der Waals surface area contributed by atoms with Crippen LogP contribution in [0.15, 0.2) is 28.0 Å². The van der Waals surface area contributed by atoms with E-state index in [4.69, 9.17) is 20.8 Å². The average molecular weight is 750 g/mol. The lowest BCUT2D eigenvalue weighted by Gasteiger charge is -2.72. The van der Waals surface area contributed by atoms with Gasteiger partial charge < -0.3 is 19.6 Å². The number of ketones is 1. The van der Waals surface area contributed by atoms with Gasteiger partial charge in [-0.3, -0.25) is 14.4 Å². The van der Waals surface area contributed by atoms with Crippen LogP contribution >= 0.6 is 11.6 Å². The van der Waals surface area contributed by atoms with Crippen molar-refractivity contribution in [3.8, 4) is 11.7 Å². The van der Waals surface area contributed by atoms with Crippen LogP contribution in [-0.4, -0.2) is 54.6 Å². The molecular formula is C41H56ClN5O6. The number of ether oxygens (including phenoxy) is 1. The fourth-order valence-electron chi connectivity index (χ4n) is 12.6. The number of nitrogens with one attached hydrogen (secondary N) is 1. The second-order valence-corrected chi connectivity index (χ2v) is 19.7. The zero-order valence-corrected chi connectivity index (χ0v) is 33.5. The van der Waals surface area contributed by atoms with Gasteiger partial charge in [-0.15, -0.1) is 5.10 Å². The Hall–Kier alpha value is -3.34. The fraction of sp³-hybridized carbons (Fsp3) is 0.732. The van der Waals surface area contributed by atoms with Crippen molar-refractivity contribution in [2.75, 3.05) is 5.32 Å². The lowest BCUT2D eigenvalue weighted by molar-refractivity contribution is -0.231. The van der Waals surface area contributed by atoms with Gasteiger partial charge in [-0.05, 0) is 116 Å². The van der Waals surface area contributed by atoms with E-state index in [9.17, 15) is 19.5 Å². The topological polar surface area (TPSA) is 157 Å². The molecule has 2 heterocycles. The number of rotatable bonds is 8.